The van der Waals surface area contributed by atoms with Gasteiger partial charge in [-0.1, -0.05) is 31.7 Å². The standard InChI is InChI=1S/C14H12O3.CH4.B/c15-12-5-3-10(4-6-12)1-2-11-7-13(16)9-14(17)8-11;;/h1-9,15-17H;1H4;. The lowest BCUT2D eigenvalue weighted by Crippen LogP contribution is -1.74. The Balaban J connectivity index is 0.00000162. The fourth-order valence-corrected chi connectivity index (χ4v) is 1.49. The number of hydrogen-bond acceptors (Lipinski definition) is 3. The van der Waals surface area contributed by atoms with Gasteiger partial charge in [0, 0.05) is 14.5 Å². The topological polar surface area (TPSA) is 60.7 Å². The molecule has 3 nitrogen and oxygen atoms in total. The summed E-state index contributed by atoms with van der Waals surface area (Å²) in [5, 5.41) is 27.7. The van der Waals surface area contributed by atoms with Gasteiger partial charge in [-0.25, -0.2) is 0 Å². The van der Waals surface area contributed by atoms with E-state index in [1.165, 1.54) is 6.07 Å². The van der Waals surface area contributed by atoms with Crippen LogP contribution in [0.2, 0.25) is 0 Å². The molecule has 3 N–H and O–H groups in total. The van der Waals surface area contributed by atoms with E-state index in [1.807, 2.05) is 6.08 Å². The van der Waals surface area contributed by atoms with Crippen molar-refractivity contribution in [1.29, 1.82) is 0 Å². The number of benzene rings is 2. The first-order valence-corrected chi connectivity index (χ1v) is 5.13. The molecular formula is C15H16BO3. The average molecular weight is 255 g/mol. The average Bonchev–Trinajstić information content (AvgIpc) is 2.27. The minimum atomic E-state index is 0. The van der Waals surface area contributed by atoms with Gasteiger partial charge in [0.1, 0.15) is 17.2 Å². The number of phenolic OH excluding ortho intramolecular Hbond substituents is 3. The van der Waals surface area contributed by atoms with Crippen molar-refractivity contribution < 1.29 is 15.3 Å². The summed E-state index contributed by atoms with van der Waals surface area (Å²) >= 11 is 0. The summed E-state index contributed by atoms with van der Waals surface area (Å²) in [4.78, 5) is 0. The van der Waals surface area contributed by atoms with E-state index in [2.05, 4.69) is 0 Å². The zero-order valence-corrected chi connectivity index (χ0v) is 9.62. The predicted molar refractivity (Wildman–Crippen MR) is 79.3 cm³/mol. The molecule has 0 spiro atoms. The quantitative estimate of drug-likeness (QED) is 0.570. The molecule has 0 unspecified atom stereocenters. The van der Waals surface area contributed by atoms with Crippen LogP contribution >= 0.6 is 0 Å². The molecule has 19 heavy (non-hydrogen) atoms. The first-order chi connectivity index (χ1) is 8.13. The van der Waals surface area contributed by atoms with Crippen LogP contribution in [0.1, 0.15) is 18.6 Å². The van der Waals surface area contributed by atoms with E-state index in [0.717, 1.165) is 5.56 Å². The zero-order chi connectivity index (χ0) is 12.3. The molecule has 0 saturated heterocycles. The normalized spacial score (nSPS) is 9.68. The Morgan fingerprint density at radius 1 is 0.632 bits per heavy atom. The van der Waals surface area contributed by atoms with Crippen molar-refractivity contribution in [1.82, 2.24) is 0 Å². The number of aromatic hydroxyl groups is 3. The zero-order valence-electron chi connectivity index (χ0n) is 9.62. The highest BCUT2D eigenvalue weighted by Crippen LogP contribution is 2.22. The van der Waals surface area contributed by atoms with Crippen LogP contribution in [0.25, 0.3) is 12.2 Å². The Bertz CT molecular complexity index is 528. The summed E-state index contributed by atoms with van der Waals surface area (Å²) in [7, 11) is 0. The highest BCUT2D eigenvalue weighted by molar-refractivity contribution is 5.75. The summed E-state index contributed by atoms with van der Waals surface area (Å²) < 4.78 is 0. The second-order valence-corrected chi connectivity index (χ2v) is 3.71. The van der Waals surface area contributed by atoms with Crippen LogP contribution in [-0.2, 0) is 0 Å². The van der Waals surface area contributed by atoms with Gasteiger partial charge in [0.15, 0.2) is 0 Å². The second kappa shape index (κ2) is 7.16. The Kier molecular flexibility index (Phi) is 6.27. The van der Waals surface area contributed by atoms with Crippen molar-refractivity contribution in [2.24, 2.45) is 0 Å². The van der Waals surface area contributed by atoms with Gasteiger partial charge in [-0.05, 0) is 35.4 Å². The molecule has 0 aliphatic carbocycles. The van der Waals surface area contributed by atoms with E-state index in [1.54, 1.807) is 42.5 Å². The first-order valence-electron chi connectivity index (χ1n) is 5.13. The molecule has 2 rings (SSSR count). The fraction of sp³-hybridized carbons (Fsp3) is 0.0667. The second-order valence-electron chi connectivity index (χ2n) is 3.71. The molecule has 0 saturated carbocycles. The molecule has 0 aromatic heterocycles. The SMILES string of the molecule is C.Oc1ccc(C=Cc2cc(O)cc(O)c2)cc1.[B]. The summed E-state index contributed by atoms with van der Waals surface area (Å²) in [6.45, 7) is 0. The molecule has 2 aromatic rings. The third-order valence-electron chi connectivity index (χ3n) is 2.29. The molecule has 0 atom stereocenters. The maximum atomic E-state index is 9.30. The van der Waals surface area contributed by atoms with Gasteiger partial charge in [0.2, 0.25) is 0 Å². The smallest absolute Gasteiger partial charge is 0.119 e. The summed E-state index contributed by atoms with van der Waals surface area (Å²) in [5.41, 5.74) is 1.63. The van der Waals surface area contributed by atoms with Crippen LogP contribution in [0, 0.1) is 0 Å². The van der Waals surface area contributed by atoms with Gasteiger partial charge in [-0.3, -0.25) is 0 Å². The van der Waals surface area contributed by atoms with Crippen molar-refractivity contribution >= 4 is 20.6 Å². The maximum Gasteiger partial charge on any atom is 0.119 e. The van der Waals surface area contributed by atoms with Crippen LogP contribution in [0.3, 0.4) is 0 Å². The van der Waals surface area contributed by atoms with Crippen LogP contribution in [0.4, 0.5) is 0 Å². The lowest BCUT2D eigenvalue weighted by molar-refractivity contribution is 0.450. The molecule has 2 aromatic carbocycles. The van der Waals surface area contributed by atoms with Gasteiger partial charge in [-0.2, -0.15) is 0 Å². The monoisotopic (exact) mass is 255 g/mol. The first kappa shape index (κ1) is 16.6. The van der Waals surface area contributed by atoms with E-state index in [4.69, 9.17) is 5.11 Å². The van der Waals surface area contributed by atoms with Crippen molar-refractivity contribution in [2.75, 3.05) is 0 Å². The number of phenols is 3. The van der Waals surface area contributed by atoms with Crippen LogP contribution in [-0.4, -0.2) is 23.7 Å². The van der Waals surface area contributed by atoms with Crippen molar-refractivity contribution in [3.63, 3.8) is 0 Å². The van der Waals surface area contributed by atoms with Crippen molar-refractivity contribution in [3.05, 3.63) is 53.6 Å². The molecule has 97 valence electrons. The third-order valence-corrected chi connectivity index (χ3v) is 2.29. The van der Waals surface area contributed by atoms with Gasteiger partial charge >= 0.3 is 0 Å². The molecular weight excluding hydrogens is 239 g/mol. The number of hydrogen-bond donors (Lipinski definition) is 3. The molecule has 0 amide bonds. The van der Waals surface area contributed by atoms with Gasteiger partial charge < -0.3 is 15.3 Å². The Morgan fingerprint density at radius 2 is 1.11 bits per heavy atom. The highest BCUT2D eigenvalue weighted by Gasteiger charge is 1.95. The minimum absolute atomic E-state index is 0. The summed E-state index contributed by atoms with van der Waals surface area (Å²) in [6, 6.07) is 11.1. The highest BCUT2D eigenvalue weighted by atomic mass is 16.3. The molecule has 0 heterocycles. The number of rotatable bonds is 2. The fourth-order valence-electron chi connectivity index (χ4n) is 1.49. The molecule has 3 radical (unpaired) electrons. The van der Waals surface area contributed by atoms with E-state index in [-0.39, 0.29) is 33.1 Å². The van der Waals surface area contributed by atoms with Crippen molar-refractivity contribution in [3.8, 4) is 17.2 Å². The molecule has 0 aliphatic heterocycles. The third kappa shape index (κ3) is 4.80. The summed E-state index contributed by atoms with van der Waals surface area (Å²) in [5.74, 6) is 0.267. The lowest BCUT2D eigenvalue weighted by atomic mass is 10.1. The molecule has 4 heteroatoms. The van der Waals surface area contributed by atoms with Crippen LogP contribution in [0.15, 0.2) is 42.5 Å². The lowest BCUT2D eigenvalue weighted by Gasteiger charge is -1.98. The Morgan fingerprint density at radius 3 is 1.63 bits per heavy atom. The van der Waals surface area contributed by atoms with Gasteiger partial charge in [0.25, 0.3) is 0 Å². The molecule has 0 fully saturated rings. The molecule has 0 bridgehead atoms. The Labute approximate surface area is 115 Å². The van der Waals surface area contributed by atoms with Crippen LogP contribution < -0.4 is 0 Å². The van der Waals surface area contributed by atoms with Gasteiger partial charge in [-0.15, -0.1) is 0 Å². The molecule has 0 aliphatic rings. The van der Waals surface area contributed by atoms with Gasteiger partial charge in [0.05, 0.1) is 0 Å². The largest absolute Gasteiger partial charge is 0.508 e. The predicted octanol–water partition coefficient (Wildman–Crippen LogP) is 3.23. The van der Waals surface area contributed by atoms with E-state index in [0.29, 0.717) is 5.56 Å². The van der Waals surface area contributed by atoms with E-state index < -0.39 is 0 Å². The summed E-state index contributed by atoms with van der Waals surface area (Å²) in [6.07, 6.45) is 3.60. The maximum absolute atomic E-state index is 9.30. The van der Waals surface area contributed by atoms with E-state index in [9.17, 15) is 10.2 Å². The minimum Gasteiger partial charge on any atom is -0.508 e. The Hall–Kier alpha value is -2.36. The van der Waals surface area contributed by atoms with E-state index >= 15 is 0 Å². The van der Waals surface area contributed by atoms with Crippen LogP contribution in [0.5, 0.6) is 17.2 Å². The van der Waals surface area contributed by atoms with Crippen molar-refractivity contribution in [2.45, 2.75) is 7.43 Å².